The van der Waals surface area contributed by atoms with Crippen LogP contribution in [0.3, 0.4) is 0 Å². The number of nitro benzene ring substituents is 1. The predicted molar refractivity (Wildman–Crippen MR) is 105 cm³/mol. The van der Waals surface area contributed by atoms with E-state index in [4.69, 9.17) is 4.74 Å². The molecule has 0 unspecified atom stereocenters. The van der Waals surface area contributed by atoms with Gasteiger partial charge < -0.3 is 9.64 Å². The minimum atomic E-state index is -0.855. The summed E-state index contributed by atoms with van der Waals surface area (Å²) in [6.07, 6.45) is 1.88. The second-order valence-corrected chi connectivity index (χ2v) is 7.11. The van der Waals surface area contributed by atoms with Gasteiger partial charge in [0, 0.05) is 25.2 Å². The van der Waals surface area contributed by atoms with Gasteiger partial charge in [0.05, 0.1) is 21.7 Å². The summed E-state index contributed by atoms with van der Waals surface area (Å²) in [5, 5.41) is 11.1. The lowest BCUT2D eigenvalue weighted by atomic mass is 9.98. The molecule has 1 saturated heterocycles. The summed E-state index contributed by atoms with van der Waals surface area (Å²) >= 11 is 0. The third kappa shape index (κ3) is 4.77. The summed E-state index contributed by atoms with van der Waals surface area (Å²) in [5.41, 5.74) is 0.136. The molecule has 0 amide bonds. The molecule has 2 aromatic rings. The van der Waals surface area contributed by atoms with E-state index in [-0.39, 0.29) is 16.8 Å². The quantitative estimate of drug-likeness (QED) is 0.315. The van der Waals surface area contributed by atoms with Crippen molar-refractivity contribution in [3.05, 3.63) is 69.5 Å². The molecule has 152 valence electrons. The SMILES string of the molecule is CC1CCN(c2ccc([N+](=O)[O-])cc2C(=O)OCC(=O)c2ccccc2F)CC1. The van der Waals surface area contributed by atoms with Crippen LogP contribution < -0.4 is 4.90 Å². The average Bonchev–Trinajstić information content (AvgIpc) is 2.72. The third-order valence-corrected chi connectivity index (χ3v) is 5.04. The van der Waals surface area contributed by atoms with Crippen molar-refractivity contribution in [2.75, 3.05) is 24.6 Å². The molecule has 0 atom stereocenters. The van der Waals surface area contributed by atoms with E-state index in [9.17, 15) is 24.1 Å². The molecule has 0 aliphatic carbocycles. The highest BCUT2D eigenvalue weighted by Crippen LogP contribution is 2.30. The van der Waals surface area contributed by atoms with Gasteiger partial charge in [0.1, 0.15) is 5.82 Å². The maximum absolute atomic E-state index is 13.7. The fraction of sp³-hybridized carbons (Fsp3) is 0.333. The highest BCUT2D eigenvalue weighted by atomic mass is 19.1. The van der Waals surface area contributed by atoms with Crippen LogP contribution in [0.25, 0.3) is 0 Å². The first-order chi connectivity index (χ1) is 13.9. The Labute approximate surface area is 167 Å². The minimum absolute atomic E-state index is 0.0232. The van der Waals surface area contributed by atoms with Crippen molar-refractivity contribution in [1.82, 2.24) is 0 Å². The van der Waals surface area contributed by atoms with E-state index in [0.29, 0.717) is 24.7 Å². The Morgan fingerprint density at radius 3 is 2.52 bits per heavy atom. The molecule has 1 heterocycles. The monoisotopic (exact) mass is 400 g/mol. The number of anilines is 1. The lowest BCUT2D eigenvalue weighted by Crippen LogP contribution is -2.34. The van der Waals surface area contributed by atoms with Crippen LogP contribution in [0.2, 0.25) is 0 Å². The van der Waals surface area contributed by atoms with Gasteiger partial charge in [0.25, 0.3) is 5.69 Å². The fourth-order valence-electron chi connectivity index (χ4n) is 3.30. The number of esters is 1. The highest BCUT2D eigenvalue weighted by molar-refractivity contribution is 6.01. The van der Waals surface area contributed by atoms with Crippen molar-refractivity contribution in [2.45, 2.75) is 19.8 Å². The Morgan fingerprint density at radius 1 is 1.17 bits per heavy atom. The number of carbonyl (C=O) groups is 2. The second-order valence-electron chi connectivity index (χ2n) is 7.11. The Morgan fingerprint density at radius 2 is 1.86 bits per heavy atom. The molecule has 1 fully saturated rings. The van der Waals surface area contributed by atoms with Crippen LogP contribution in [0.15, 0.2) is 42.5 Å². The summed E-state index contributed by atoms with van der Waals surface area (Å²) < 4.78 is 18.8. The average molecular weight is 400 g/mol. The number of hydrogen-bond donors (Lipinski definition) is 0. The summed E-state index contributed by atoms with van der Waals surface area (Å²) in [6, 6.07) is 9.44. The Hall–Kier alpha value is -3.29. The molecule has 7 nitrogen and oxygen atoms in total. The minimum Gasteiger partial charge on any atom is -0.454 e. The zero-order valence-corrected chi connectivity index (χ0v) is 16.0. The van der Waals surface area contributed by atoms with E-state index in [1.165, 1.54) is 30.3 Å². The molecule has 2 aromatic carbocycles. The van der Waals surface area contributed by atoms with E-state index in [0.717, 1.165) is 25.0 Å². The number of hydrogen-bond acceptors (Lipinski definition) is 6. The number of benzene rings is 2. The third-order valence-electron chi connectivity index (χ3n) is 5.04. The number of ketones is 1. The Balaban J connectivity index is 1.80. The van der Waals surface area contributed by atoms with Crippen molar-refractivity contribution < 1.29 is 23.6 Å². The summed E-state index contributed by atoms with van der Waals surface area (Å²) in [6.45, 7) is 2.93. The van der Waals surface area contributed by atoms with Gasteiger partial charge in [-0.05, 0) is 37.0 Å². The standard InChI is InChI=1S/C21H21FN2O5/c1-14-8-10-23(11-9-14)19-7-6-15(24(27)28)12-17(19)21(26)29-13-20(25)16-4-2-3-5-18(16)22/h2-7,12,14H,8-11,13H2,1H3. The molecule has 3 rings (SSSR count). The number of carbonyl (C=O) groups excluding carboxylic acids is 2. The smallest absolute Gasteiger partial charge is 0.340 e. The van der Waals surface area contributed by atoms with E-state index in [1.807, 2.05) is 4.90 Å². The van der Waals surface area contributed by atoms with Crippen molar-refractivity contribution in [2.24, 2.45) is 5.92 Å². The summed E-state index contributed by atoms with van der Waals surface area (Å²) in [5.74, 6) is -1.67. The number of rotatable bonds is 6. The lowest BCUT2D eigenvalue weighted by Gasteiger charge is -2.33. The van der Waals surface area contributed by atoms with Crippen LogP contribution in [0.5, 0.6) is 0 Å². The van der Waals surface area contributed by atoms with Crippen LogP contribution in [0.1, 0.15) is 40.5 Å². The molecule has 8 heteroatoms. The summed E-state index contributed by atoms with van der Waals surface area (Å²) in [4.78, 5) is 37.3. The van der Waals surface area contributed by atoms with Crippen molar-refractivity contribution in [1.29, 1.82) is 0 Å². The van der Waals surface area contributed by atoms with Crippen molar-refractivity contribution in [3.63, 3.8) is 0 Å². The Kier molecular flexibility index (Phi) is 6.21. The van der Waals surface area contributed by atoms with Gasteiger partial charge in [0.2, 0.25) is 5.78 Å². The van der Waals surface area contributed by atoms with Crippen LogP contribution >= 0.6 is 0 Å². The van der Waals surface area contributed by atoms with Gasteiger partial charge in [0.15, 0.2) is 6.61 Å². The normalized spacial score (nSPS) is 14.5. The van der Waals surface area contributed by atoms with Gasteiger partial charge in [-0.1, -0.05) is 19.1 Å². The van der Waals surface area contributed by atoms with Gasteiger partial charge in [-0.25, -0.2) is 9.18 Å². The molecule has 0 aromatic heterocycles. The molecular weight excluding hydrogens is 379 g/mol. The van der Waals surface area contributed by atoms with Crippen molar-refractivity contribution in [3.8, 4) is 0 Å². The van der Waals surface area contributed by atoms with E-state index >= 15 is 0 Å². The molecule has 0 saturated carbocycles. The largest absolute Gasteiger partial charge is 0.454 e. The van der Waals surface area contributed by atoms with E-state index in [2.05, 4.69) is 6.92 Å². The fourth-order valence-corrected chi connectivity index (χ4v) is 3.30. The van der Waals surface area contributed by atoms with E-state index < -0.39 is 29.1 Å². The van der Waals surface area contributed by atoms with Gasteiger partial charge in [-0.3, -0.25) is 14.9 Å². The maximum Gasteiger partial charge on any atom is 0.340 e. The number of Topliss-reactive ketones (excluding diaryl/α,β-unsaturated/α-hetero) is 1. The van der Waals surface area contributed by atoms with Crippen LogP contribution in [0.4, 0.5) is 15.8 Å². The van der Waals surface area contributed by atoms with Gasteiger partial charge in [-0.2, -0.15) is 0 Å². The zero-order valence-electron chi connectivity index (χ0n) is 16.0. The molecular formula is C21H21FN2O5. The first-order valence-corrected chi connectivity index (χ1v) is 9.35. The van der Waals surface area contributed by atoms with Crippen molar-refractivity contribution >= 4 is 23.1 Å². The van der Waals surface area contributed by atoms with Gasteiger partial charge >= 0.3 is 5.97 Å². The maximum atomic E-state index is 13.7. The van der Waals surface area contributed by atoms with Crippen LogP contribution in [-0.4, -0.2) is 36.4 Å². The molecule has 0 radical (unpaired) electrons. The molecule has 0 spiro atoms. The second kappa shape index (κ2) is 8.81. The highest BCUT2D eigenvalue weighted by Gasteiger charge is 2.25. The Bertz CT molecular complexity index is 938. The molecule has 29 heavy (non-hydrogen) atoms. The summed E-state index contributed by atoms with van der Waals surface area (Å²) in [7, 11) is 0. The number of halogens is 1. The van der Waals surface area contributed by atoms with Crippen LogP contribution in [0, 0.1) is 21.8 Å². The first-order valence-electron chi connectivity index (χ1n) is 9.35. The topological polar surface area (TPSA) is 89.8 Å². The number of piperidine rings is 1. The molecule has 1 aliphatic rings. The van der Waals surface area contributed by atoms with Gasteiger partial charge in [-0.15, -0.1) is 0 Å². The molecule has 0 bridgehead atoms. The van der Waals surface area contributed by atoms with Crippen LogP contribution in [-0.2, 0) is 4.74 Å². The lowest BCUT2D eigenvalue weighted by molar-refractivity contribution is -0.384. The molecule has 0 N–H and O–H groups in total. The predicted octanol–water partition coefficient (Wildman–Crippen LogP) is 4.01. The number of non-ortho nitro benzene ring substituents is 1. The number of nitrogens with zero attached hydrogens (tertiary/aromatic N) is 2. The van der Waals surface area contributed by atoms with E-state index in [1.54, 1.807) is 0 Å². The zero-order chi connectivity index (χ0) is 21.0. The first kappa shape index (κ1) is 20.4. The number of nitro groups is 1. The number of ether oxygens (including phenoxy) is 1. The molecule has 1 aliphatic heterocycles.